The van der Waals surface area contributed by atoms with Crippen LogP contribution in [-0.4, -0.2) is 33.6 Å². The van der Waals surface area contributed by atoms with E-state index in [1.165, 1.54) is 0 Å². The van der Waals surface area contributed by atoms with Crippen molar-refractivity contribution in [3.63, 3.8) is 0 Å². The highest BCUT2D eigenvalue weighted by atomic mass is 16.5. The van der Waals surface area contributed by atoms with E-state index in [2.05, 4.69) is 10.3 Å². The summed E-state index contributed by atoms with van der Waals surface area (Å²) < 4.78 is 5.92. The van der Waals surface area contributed by atoms with E-state index in [1.54, 1.807) is 42.6 Å². The van der Waals surface area contributed by atoms with Crippen LogP contribution in [-0.2, 0) is 17.8 Å². The number of hydrogen-bond donors (Lipinski definition) is 1. The number of hydrogen-bond acceptors (Lipinski definition) is 5. The standard InChI is InChI=1S/C29H23N3O4/c33-27(31-26-25(16-9-17-30-26)36-19-21-12-5-2-6-13-21)24(18-20-10-3-1-4-11-20)32-28(34)22-14-7-8-15-23(22)29(32)35/h1-17,24H,18-19H2,(H,30,31,33)/t24-/m0/s1. The number of pyridine rings is 1. The average molecular weight is 478 g/mol. The zero-order valence-corrected chi connectivity index (χ0v) is 19.3. The first-order valence-electron chi connectivity index (χ1n) is 11.6. The molecule has 0 bridgehead atoms. The van der Waals surface area contributed by atoms with Crippen molar-refractivity contribution in [1.29, 1.82) is 0 Å². The molecule has 4 aromatic rings. The molecule has 2 heterocycles. The van der Waals surface area contributed by atoms with Crippen LogP contribution < -0.4 is 10.1 Å². The minimum atomic E-state index is -1.08. The first-order chi connectivity index (χ1) is 17.6. The summed E-state index contributed by atoms with van der Waals surface area (Å²) in [7, 11) is 0. The SMILES string of the molecule is O=C(Nc1ncccc1OCc1ccccc1)[C@H](Cc1ccccc1)N1C(=O)c2ccccc2C1=O. The molecule has 1 aliphatic rings. The number of amides is 3. The maximum atomic E-state index is 13.6. The number of rotatable bonds is 8. The Balaban J connectivity index is 1.42. The third kappa shape index (κ3) is 4.72. The van der Waals surface area contributed by atoms with E-state index in [0.717, 1.165) is 16.0 Å². The Hall–Kier alpha value is -4.78. The molecule has 5 rings (SSSR count). The normalized spacial score (nSPS) is 13.3. The van der Waals surface area contributed by atoms with Gasteiger partial charge in [-0.3, -0.25) is 19.3 Å². The Kier molecular flexibility index (Phi) is 6.53. The lowest BCUT2D eigenvalue weighted by atomic mass is 10.0. The van der Waals surface area contributed by atoms with Gasteiger partial charge in [0.2, 0.25) is 5.91 Å². The molecule has 3 amide bonds. The van der Waals surface area contributed by atoms with Crippen molar-refractivity contribution in [2.75, 3.05) is 5.32 Å². The van der Waals surface area contributed by atoms with Gasteiger partial charge in [-0.25, -0.2) is 4.98 Å². The van der Waals surface area contributed by atoms with Crippen molar-refractivity contribution in [3.8, 4) is 5.75 Å². The molecule has 3 aromatic carbocycles. The highest BCUT2D eigenvalue weighted by Gasteiger charge is 2.42. The predicted molar refractivity (Wildman–Crippen MR) is 135 cm³/mol. The second-order valence-electron chi connectivity index (χ2n) is 8.35. The summed E-state index contributed by atoms with van der Waals surface area (Å²) in [5.41, 5.74) is 2.36. The molecule has 0 unspecified atom stereocenters. The minimum Gasteiger partial charge on any atom is -0.485 e. The third-order valence-corrected chi connectivity index (χ3v) is 5.96. The zero-order chi connectivity index (χ0) is 24.9. The fourth-order valence-corrected chi connectivity index (χ4v) is 4.17. The highest BCUT2D eigenvalue weighted by Crippen LogP contribution is 2.28. The van der Waals surface area contributed by atoms with Crippen molar-refractivity contribution in [2.45, 2.75) is 19.1 Å². The molecule has 0 saturated heterocycles. The van der Waals surface area contributed by atoms with E-state index >= 15 is 0 Å². The molecule has 7 nitrogen and oxygen atoms in total. The Morgan fingerprint density at radius 3 is 2.00 bits per heavy atom. The summed E-state index contributed by atoms with van der Waals surface area (Å²) in [6, 6.07) is 27.8. The molecule has 1 N–H and O–H groups in total. The van der Waals surface area contributed by atoms with Gasteiger partial charge in [0.05, 0.1) is 11.1 Å². The van der Waals surface area contributed by atoms with Gasteiger partial charge in [0, 0.05) is 12.6 Å². The van der Waals surface area contributed by atoms with Crippen molar-refractivity contribution in [1.82, 2.24) is 9.88 Å². The topological polar surface area (TPSA) is 88.6 Å². The number of imide groups is 1. The summed E-state index contributed by atoms with van der Waals surface area (Å²) in [4.78, 5) is 45.4. The highest BCUT2D eigenvalue weighted by molar-refractivity contribution is 6.23. The molecule has 0 aliphatic carbocycles. The Morgan fingerprint density at radius 1 is 0.778 bits per heavy atom. The molecular weight excluding hydrogens is 454 g/mol. The van der Waals surface area contributed by atoms with Crippen LogP contribution in [0.5, 0.6) is 5.75 Å². The number of benzene rings is 3. The predicted octanol–water partition coefficient (Wildman–Crippen LogP) is 4.51. The first kappa shape index (κ1) is 23.0. The van der Waals surface area contributed by atoms with E-state index in [-0.39, 0.29) is 23.4 Å². The molecule has 0 radical (unpaired) electrons. The van der Waals surface area contributed by atoms with Gasteiger partial charge in [0.25, 0.3) is 11.8 Å². The van der Waals surface area contributed by atoms with Gasteiger partial charge in [0.15, 0.2) is 11.6 Å². The van der Waals surface area contributed by atoms with Gasteiger partial charge in [0.1, 0.15) is 12.6 Å². The molecule has 0 fully saturated rings. The first-order valence-corrected chi connectivity index (χ1v) is 11.6. The molecule has 1 aromatic heterocycles. The minimum absolute atomic E-state index is 0.158. The second kappa shape index (κ2) is 10.2. The Bertz CT molecular complexity index is 1370. The summed E-state index contributed by atoms with van der Waals surface area (Å²) in [6.07, 6.45) is 1.70. The monoisotopic (exact) mass is 477 g/mol. The Morgan fingerprint density at radius 2 is 1.36 bits per heavy atom. The molecule has 36 heavy (non-hydrogen) atoms. The largest absolute Gasteiger partial charge is 0.485 e. The van der Waals surface area contributed by atoms with Gasteiger partial charge in [-0.1, -0.05) is 72.8 Å². The fourth-order valence-electron chi connectivity index (χ4n) is 4.17. The maximum absolute atomic E-state index is 13.6. The van der Waals surface area contributed by atoms with E-state index in [1.807, 2.05) is 60.7 Å². The molecule has 1 atom stereocenters. The number of carbonyl (C=O) groups excluding carboxylic acids is 3. The van der Waals surface area contributed by atoms with E-state index in [4.69, 9.17) is 4.74 Å². The summed E-state index contributed by atoms with van der Waals surface area (Å²) in [5, 5.41) is 2.79. The van der Waals surface area contributed by atoms with Crippen molar-refractivity contribution in [2.24, 2.45) is 0 Å². The van der Waals surface area contributed by atoms with Crippen LogP contribution in [0.3, 0.4) is 0 Å². The number of nitrogens with one attached hydrogen (secondary N) is 1. The van der Waals surface area contributed by atoms with Crippen LogP contribution >= 0.6 is 0 Å². The second-order valence-corrected chi connectivity index (χ2v) is 8.35. The van der Waals surface area contributed by atoms with Crippen molar-refractivity contribution < 1.29 is 19.1 Å². The molecule has 1 aliphatic heterocycles. The van der Waals surface area contributed by atoms with Gasteiger partial charge in [-0.2, -0.15) is 0 Å². The zero-order valence-electron chi connectivity index (χ0n) is 19.3. The number of fused-ring (bicyclic) bond motifs is 1. The Labute approximate surface area is 208 Å². The van der Waals surface area contributed by atoms with Crippen LogP contribution in [0.4, 0.5) is 5.82 Å². The van der Waals surface area contributed by atoms with Crippen molar-refractivity contribution in [3.05, 3.63) is 126 Å². The van der Waals surface area contributed by atoms with Gasteiger partial charge < -0.3 is 10.1 Å². The maximum Gasteiger partial charge on any atom is 0.262 e. The quantitative estimate of drug-likeness (QED) is 0.378. The third-order valence-electron chi connectivity index (χ3n) is 5.96. The van der Waals surface area contributed by atoms with Crippen LogP contribution in [0.1, 0.15) is 31.8 Å². The van der Waals surface area contributed by atoms with Crippen LogP contribution in [0.25, 0.3) is 0 Å². The van der Waals surface area contributed by atoms with E-state index in [9.17, 15) is 14.4 Å². The summed E-state index contributed by atoms with van der Waals surface area (Å²) in [5.74, 6) is -0.915. The van der Waals surface area contributed by atoms with Gasteiger partial charge >= 0.3 is 0 Å². The molecular formula is C29H23N3O4. The average Bonchev–Trinajstić information content (AvgIpc) is 3.17. The fraction of sp³-hybridized carbons (Fsp3) is 0.103. The van der Waals surface area contributed by atoms with Crippen molar-refractivity contribution >= 4 is 23.5 Å². The molecule has 178 valence electrons. The van der Waals surface area contributed by atoms with E-state index in [0.29, 0.717) is 12.4 Å². The molecule has 0 spiro atoms. The van der Waals surface area contributed by atoms with Gasteiger partial charge in [-0.15, -0.1) is 0 Å². The number of aromatic nitrogens is 1. The van der Waals surface area contributed by atoms with E-state index < -0.39 is 23.8 Å². The molecule has 7 heteroatoms. The lowest BCUT2D eigenvalue weighted by Gasteiger charge is -2.25. The van der Waals surface area contributed by atoms with Gasteiger partial charge in [-0.05, 0) is 35.4 Å². The smallest absolute Gasteiger partial charge is 0.262 e. The number of ether oxygens (including phenoxy) is 1. The van der Waals surface area contributed by atoms with Crippen LogP contribution in [0.15, 0.2) is 103 Å². The lowest BCUT2D eigenvalue weighted by molar-refractivity contribution is -0.120. The number of anilines is 1. The lowest BCUT2D eigenvalue weighted by Crippen LogP contribution is -2.48. The summed E-state index contributed by atoms with van der Waals surface area (Å²) >= 11 is 0. The van der Waals surface area contributed by atoms with Crippen LogP contribution in [0, 0.1) is 0 Å². The van der Waals surface area contributed by atoms with Crippen LogP contribution in [0.2, 0.25) is 0 Å². The molecule has 0 saturated carbocycles. The summed E-state index contributed by atoms with van der Waals surface area (Å²) in [6.45, 7) is 0.293. The number of carbonyl (C=O) groups is 3. The number of nitrogens with zero attached hydrogens (tertiary/aromatic N) is 2.